The largest absolute Gasteiger partial charge is 0.462 e. The van der Waals surface area contributed by atoms with Gasteiger partial charge < -0.3 is 9.84 Å². The minimum atomic E-state index is -0.608. The molecule has 0 spiro atoms. The van der Waals surface area contributed by atoms with E-state index >= 15 is 0 Å². The second-order valence-corrected chi connectivity index (χ2v) is 12.4. The van der Waals surface area contributed by atoms with Gasteiger partial charge in [-0.05, 0) is 86.3 Å². The summed E-state index contributed by atoms with van der Waals surface area (Å²) in [4.78, 5) is 24.3. The number of hydrogen-bond donors (Lipinski definition) is 1. The van der Waals surface area contributed by atoms with E-state index in [1.54, 1.807) is 12.2 Å². The molecule has 0 bridgehead atoms. The number of esters is 1. The van der Waals surface area contributed by atoms with Crippen molar-refractivity contribution in [1.82, 2.24) is 0 Å². The quantitative estimate of drug-likeness (QED) is 0.515. The summed E-state index contributed by atoms with van der Waals surface area (Å²) in [5, 5.41) is 10.1. The number of fused-ring (bicyclic) bond motifs is 5. The molecule has 4 heteroatoms. The molecule has 0 radical (unpaired) electrons. The summed E-state index contributed by atoms with van der Waals surface area (Å²) in [5.74, 6) is 2.03. The van der Waals surface area contributed by atoms with Gasteiger partial charge in [0.1, 0.15) is 6.10 Å². The summed E-state index contributed by atoms with van der Waals surface area (Å²) < 4.78 is 6.08. The van der Waals surface area contributed by atoms with Crippen LogP contribution in [0.4, 0.5) is 0 Å². The van der Waals surface area contributed by atoms with Crippen molar-refractivity contribution in [3.8, 4) is 0 Å². The molecule has 4 rings (SSSR count). The third-order valence-corrected chi connectivity index (χ3v) is 9.56. The van der Waals surface area contributed by atoms with Crippen LogP contribution in [0.3, 0.4) is 0 Å². The zero-order chi connectivity index (χ0) is 24.2. The Kier molecular flexibility index (Phi) is 6.31. The maximum absolute atomic E-state index is 12.2. The number of aliphatic hydroxyl groups is 1. The molecule has 0 aromatic heterocycles. The number of ketones is 1. The maximum atomic E-state index is 12.2. The van der Waals surface area contributed by atoms with Gasteiger partial charge in [0, 0.05) is 18.3 Å². The van der Waals surface area contributed by atoms with Gasteiger partial charge in [0.25, 0.3) is 0 Å². The topological polar surface area (TPSA) is 63.6 Å². The third-order valence-electron chi connectivity index (χ3n) is 9.56. The summed E-state index contributed by atoms with van der Waals surface area (Å²) in [6.45, 7) is 12.3. The molecule has 4 aliphatic carbocycles. The van der Waals surface area contributed by atoms with Crippen LogP contribution in [0.25, 0.3) is 0 Å². The molecule has 0 aliphatic heterocycles. The first-order chi connectivity index (χ1) is 15.3. The molecule has 8 atom stereocenters. The number of ether oxygens (including phenoxy) is 1. The van der Waals surface area contributed by atoms with Gasteiger partial charge in [-0.15, -0.1) is 0 Å². The highest BCUT2D eigenvalue weighted by Crippen LogP contribution is 2.66. The second-order valence-electron chi connectivity index (χ2n) is 12.4. The number of carbonyl (C=O) groups excluding carboxylic acids is 2. The van der Waals surface area contributed by atoms with Crippen LogP contribution in [0.2, 0.25) is 0 Å². The molecule has 4 nitrogen and oxygen atoms in total. The molecule has 0 amide bonds. The molecule has 0 saturated heterocycles. The lowest BCUT2D eigenvalue weighted by atomic mass is 9.48. The van der Waals surface area contributed by atoms with Gasteiger partial charge in [0.05, 0.1) is 5.60 Å². The van der Waals surface area contributed by atoms with E-state index in [2.05, 4.69) is 39.0 Å². The third kappa shape index (κ3) is 4.40. The van der Waals surface area contributed by atoms with Gasteiger partial charge in [0.2, 0.25) is 0 Å². The van der Waals surface area contributed by atoms with E-state index in [0.717, 1.165) is 31.3 Å². The smallest absolute Gasteiger partial charge is 0.302 e. The molecule has 1 N–H and O–H groups in total. The lowest BCUT2D eigenvalue weighted by Crippen LogP contribution is -2.56. The van der Waals surface area contributed by atoms with Crippen LogP contribution < -0.4 is 0 Å². The Morgan fingerprint density at radius 1 is 1.27 bits per heavy atom. The summed E-state index contributed by atoms with van der Waals surface area (Å²) >= 11 is 0. The van der Waals surface area contributed by atoms with Crippen molar-refractivity contribution in [3.63, 3.8) is 0 Å². The normalized spacial score (nSPS) is 40.5. The van der Waals surface area contributed by atoms with Crippen LogP contribution in [0.5, 0.6) is 0 Å². The van der Waals surface area contributed by atoms with Crippen molar-refractivity contribution in [2.75, 3.05) is 0 Å². The predicted molar refractivity (Wildman–Crippen MR) is 130 cm³/mol. The molecule has 2 fully saturated rings. The lowest BCUT2D eigenvalue weighted by molar-refractivity contribution is -0.166. The average molecular weight is 455 g/mol. The molecule has 4 aliphatic rings. The lowest BCUT2D eigenvalue weighted by Gasteiger charge is -2.58. The van der Waals surface area contributed by atoms with E-state index in [1.807, 2.05) is 13.8 Å². The Morgan fingerprint density at radius 3 is 2.67 bits per heavy atom. The first-order valence-corrected chi connectivity index (χ1v) is 12.9. The average Bonchev–Trinajstić information content (AvgIpc) is 3.03. The van der Waals surface area contributed by atoms with Crippen LogP contribution in [0.15, 0.2) is 36.0 Å². The molecular weight excluding hydrogens is 412 g/mol. The standard InChI is InChI=1S/C29H42O4/c1-18(8-7-14-27(3,4)32)23-11-12-24-22-10-9-20-16-21(31)13-15-28(20,5)26(22)25(33-19(2)30)17-29(23,24)6/h9-10,13,15-16,18,22-26,32H,7-8,11-12,14,17H2,1-6H3/t18-,22+,23-,24+,25-,26-,28+,29-/m1/s1. The van der Waals surface area contributed by atoms with Crippen molar-refractivity contribution in [2.45, 2.75) is 91.8 Å². The predicted octanol–water partition coefficient (Wildman–Crippen LogP) is 5.81. The molecule has 0 aromatic rings. The van der Waals surface area contributed by atoms with Crippen LogP contribution in [-0.2, 0) is 14.3 Å². The molecule has 2 saturated carbocycles. The monoisotopic (exact) mass is 454 g/mol. The van der Waals surface area contributed by atoms with Gasteiger partial charge in [0.15, 0.2) is 5.78 Å². The summed E-state index contributed by atoms with van der Waals surface area (Å²) in [6.07, 6.45) is 16.1. The molecule has 0 aromatic carbocycles. The van der Waals surface area contributed by atoms with E-state index in [4.69, 9.17) is 4.74 Å². The van der Waals surface area contributed by atoms with Crippen molar-refractivity contribution in [2.24, 2.45) is 40.4 Å². The number of rotatable bonds is 6. The van der Waals surface area contributed by atoms with E-state index in [-0.39, 0.29) is 34.6 Å². The Balaban J connectivity index is 1.64. The minimum Gasteiger partial charge on any atom is -0.462 e. The zero-order valence-corrected chi connectivity index (χ0v) is 21.3. The molecular formula is C29H42O4. The van der Waals surface area contributed by atoms with Crippen LogP contribution in [0, 0.1) is 40.4 Å². The summed E-state index contributed by atoms with van der Waals surface area (Å²) in [6, 6.07) is 0. The number of allylic oxidation sites excluding steroid dienone is 6. The van der Waals surface area contributed by atoms with Crippen LogP contribution >= 0.6 is 0 Å². The Bertz CT molecular complexity index is 890. The minimum absolute atomic E-state index is 0.0380. The van der Waals surface area contributed by atoms with Gasteiger partial charge in [-0.25, -0.2) is 0 Å². The highest BCUT2D eigenvalue weighted by Gasteiger charge is 2.62. The van der Waals surface area contributed by atoms with Crippen molar-refractivity contribution >= 4 is 11.8 Å². The fraction of sp³-hybridized carbons (Fsp3) is 0.724. The first kappa shape index (κ1) is 24.4. The molecule has 182 valence electrons. The summed E-state index contributed by atoms with van der Waals surface area (Å²) in [7, 11) is 0. The maximum Gasteiger partial charge on any atom is 0.302 e. The molecule has 33 heavy (non-hydrogen) atoms. The fourth-order valence-electron chi connectivity index (χ4n) is 8.10. The second kappa shape index (κ2) is 8.52. The Hall–Kier alpha value is -1.68. The van der Waals surface area contributed by atoms with Gasteiger partial charge in [-0.2, -0.15) is 0 Å². The van der Waals surface area contributed by atoms with E-state index in [0.29, 0.717) is 23.7 Å². The zero-order valence-electron chi connectivity index (χ0n) is 21.3. The summed E-state index contributed by atoms with van der Waals surface area (Å²) in [5.41, 5.74) is 0.269. The highest BCUT2D eigenvalue weighted by molar-refractivity contribution is 6.01. The molecule has 0 heterocycles. The van der Waals surface area contributed by atoms with E-state index < -0.39 is 5.60 Å². The SMILES string of the molecule is CC(=O)O[C@@H]1C[C@]2(C)[C@@H]([C@H](C)CCCC(C)(C)O)CC[C@H]2[C@@H]2C=CC3=CC(=O)C=C[C@]3(C)[C@H]21. The van der Waals surface area contributed by atoms with Crippen molar-refractivity contribution in [1.29, 1.82) is 0 Å². The number of carbonyl (C=O) groups is 2. The van der Waals surface area contributed by atoms with Gasteiger partial charge in [-0.3, -0.25) is 9.59 Å². The van der Waals surface area contributed by atoms with E-state index in [1.165, 1.54) is 19.8 Å². The number of hydrogen-bond acceptors (Lipinski definition) is 4. The van der Waals surface area contributed by atoms with Crippen LogP contribution in [-0.4, -0.2) is 28.6 Å². The van der Waals surface area contributed by atoms with Gasteiger partial charge in [-0.1, -0.05) is 51.8 Å². The Labute approximate surface area is 199 Å². The van der Waals surface area contributed by atoms with E-state index in [9.17, 15) is 14.7 Å². The highest BCUT2D eigenvalue weighted by atomic mass is 16.5. The first-order valence-electron chi connectivity index (χ1n) is 12.9. The van der Waals surface area contributed by atoms with Gasteiger partial charge >= 0.3 is 5.97 Å². The van der Waals surface area contributed by atoms with Crippen LogP contribution in [0.1, 0.15) is 80.1 Å². The van der Waals surface area contributed by atoms with Crippen molar-refractivity contribution < 1.29 is 19.4 Å². The molecule has 0 unspecified atom stereocenters. The fourth-order valence-corrected chi connectivity index (χ4v) is 8.10. The van der Waals surface area contributed by atoms with Crippen molar-refractivity contribution in [3.05, 3.63) is 36.0 Å². The Morgan fingerprint density at radius 2 is 2.00 bits per heavy atom.